The molecule has 2 aromatic rings. The van der Waals surface area contributed by atoms with E-state index >= 15 is 0 Å². The molecule has 0 amide bonds. The van der Waals surface area contributed by atoms with Crippen LogP contribution in [-0.2, 0) is 20.5 Å². The maximum atomic E-state index is 11.8. The minimum Gasteiger partial charge on any atom is -0.317 e. The largest absolute Gasteiger partial charge is 0.328 e. The van der Waals surface area contributed by atoms with Gasteiger partial charge in [-0.25, -0.2) is 4.79 Å². The lowest BCUT2D eigenvalue weighted by molar-refractivity contribution is 0.673. The number of aryl methyl sites for hydroxylation is 3. The third-order valence-corrected chi connectivity index (χ3v) is 3.41. The number of nitrogens with zero attached hydrogens (tertiary/aromatic N) is 2. The van der Waals surface area contributed by atoms with Gasteiger partial charge in [-0.2, -0.15) is 0 Å². The predicted octanol–water partition coefficient (Wildman–Crippen LogP) is 1.42. The van der Waals surface area contributed by atoms with Gasteiger partial charge in [0.25, 0.3) is 0 Å². The molecule has 0 fully saturated rings. The highest BCUT2D eigenvalue weighted by Gasteiger charge is 2.07. The Hall–Kier alpha value is -1.55. The lowest BCUT2D eigenvalue weighted by Crippen LogP contribution is -2.19. The molecule has 4 nitrogen and oxygen atoms in total. The van der Waals surface area contributed by atoms with E-state index in [0.717, 1.165) is 37.0 Å². The second-order valence-electron chi connectivity index (χ2n) is 4.68. The van der Waals surface area contributed by atoms with Crippen LogP contribution < -0.4 is 11.0 Å². The average Bonchev–Trinajstić information content (AvgIpc) is 2.60. The third-order valence-electron chi connectivity index (χ3n) is 3.41. The lowest BCUT2D eigenvalue weighted by atomic mass is 10.1. The summed E-state index contributed by atoms with van der Waals surface area (Å²) < 4.78 is 3.40. The summed E-state index contributed by atoms with van der Waals surface area (Å²) in [5.41, 5.74) is 3.35. The maximum absolute atomic E-state index is 11.8. The molecule has 98 valence electrons. The highest BCUT2D eigenvalue weighted by atomic mass is 16.1. The van der Waals surface area contributed by atoms with Crippen LogP contribution in [0, 0.1) is 0 Å². The molecule has 0 aliphatic carbocycles. The average molecular weight is 247 g/mol. The number of hydrogen-bond acceptors (Lipinski definition) is 2. The Kier molecular flexibility index (Phi) is 3.87. The van der Waals surface area contributed by atoms with E-state index < -0.39 is 0 Å². The molecule has 0 aliphatic heterocycles. The van der Waals surface area contributed by atoms with Crippen LogP contribution in [0.2, 0.25) is 0 Å². The summed E-state index contributed by atoms with van der Waals surface area (Å²) in [5.74, 6) is 0. The molecule has 0 aliphatic rings. The number of hydrogen-bond donors (Lipinski definition) is 1. The normalized spacial score (nSPS) is 11.3. The van der Waals surface area contributed by atoms with E-state index in [0.29, 0.717) is 0 Å². The number of aromatic nitrogens is 2. The summed E-state index contributed by atoms with van der Waals surface area (Å²) in [6, 6.07) is 6.29. The van der Waals surface area contributed by atoms with Gasteiger partial charge in [0, 0.05) is 14.1 Å². The first-order chi connectivity index (χ1) is 8.65. The van der Waals surface area contributed by atoms with Crippen LogP contribution in [0.4, 0.5) is 0 Å². The molecule has 1 aromatic carbocycles. The fraction of sp³-hybridized carbons (Fsp3) is 0.500. The summed E-state index contributed by atoms with van der Waals surface area (Å²) >= 11 is 0. The van der Waals surface area contributed by atoms with Crippen molar-refractivity contribution in [3.8, 4) is 0 Å². The Labute approximate surface area is 107 Å². The van der Waals surface area contributed by atoms with Crippen LogP contribution in [0.1, 0.15) is 18.9 Å². The van der Waals surface area contributed by atoms with Gasteiger partial charge in [0.05, 0.1) is 11.0 Å². The van der Waals surface area contributed by atoms with E-state index in [2.05, 4.69) is 24.4 Å². The molecule has 0 unspecified atom stereocenters. The monoisotopic (exact) mass is 247 g/mol. The van der Waals surface area contributed by atoms with Crippen LogP contribution in [0.3, 0.4) is 0 Å². The Morgan fingerprint density at radius 1 is 1.17 bits per heavy atom. The predicted molar refractivity (Wildman–Crippen MR) is 75.0 cm³/mol. The first-order valence-electron chi connectivity index (χ1n) is 6.50. The molecule has 4 heteroatoms. The minimum atomic E-state index is 0.0369. The van der Waals surface area contributed by atoms with E-state index in [1.165, 1.54) is 5.56 Å². The number of nitrogens with one attached hydrogen (secondary N) is 1. The minimum absolute atomic E-state index is 0.0369. The zero-order chi connectivity index (χ0) is 13.1. The molecule has 0 saturated carbocycles. The van der Waals surface area contributed by atoms with Crippen LogP contribution in [0.25, 0.3) is 11.0 Å². The molecular weight excluding hydrogens is 226 g/mol. The molecule has 1 heterocycles. The summed E-state index contributed by atoms with van der Waals surface area (Å²) in [7, 11) is 3.64. The van der Waals surface area contributed by atoms with E-state index in [4.69, 9.17) is 0 Å². The number of rotatable bonds is 5. The van der Waals surface area contributed by atoms with Gasteiger partial charge in [0.15, 0.2) is 0 Å². The number of benzene rings is 1. The highest BCUT2D eigenvalue weighted by Crippen LogP contribution is 2.14. The third kappa shape index (κ3) is 2.34. The molecule has 2 rings (SSSR count). The van der Waals surface area contributed by atoms with Gasteiger partial charge >= 0.3 is 5.69 Å². The Bertz CT molecular complexity index is 595. The van der Waals surface area contributed by atoms with Gasteiger partial charge < -0.3 is 5.32 Å². The van der Waals surface area contributed by atoms with E-state index in [1.807, 2.05) is 20.2 Å². The molecule has 0 radical (unpaired) electrons. The van der Waals surface area contributed by atoms with Crippen molar-refractivity contribution in [2.24, 2.45) is 14.1 Å². The zero-order valence-electron chi connectivity index (χ0n) is 11.4. The van der Waals surface area contributed by atoms with Crippen molar-refractivity contribution in [2.45, 2.75) is 19.8 Å². The summed E-state index contributed by atoms with van der Waals surface area (Å²) in [5, 5.41) is 3.32. The quantitative estimate of drug-likeness (QED) is 0.812. The molecule has 0 atom stereocenters. The van der Waals surface area contributed by atoms with Gasteiger partial charge in [0.2, 0.25) is 0 Å². The highest BCUT2D eigenvalue weighted by molar-refractivity contribution is 5.76. The molecule has 0 spiro atoms. The molecule has 0 saturated heterocycles. The van der Waals surface area contributed by atoms with Gasteiger partial charge in [-0.05, 0) is 43.6 Å². The lowest BCUT2D eigenvalue weighted by Gasteiger charge is -2.03. The Balaban J connectivity index is 2.22. The smallest absolute Gasteiger partial charge is 0.317 e. The maximum Gasteiger partial charge on any atom is 0.328 e. The van der Waals surface area contributed by atoms with E-state index in [9.17, 15) is 4.79 Å². The molecule has 0 bridgehead atoms. The van der Waals surface area contributed by atoms with Crippen molar-refractivity contribution in [3.05, 3.63) is 34.2 Å². The summed E-state index contributed by atoms with van der Waals surface area (Å²) in [4.78, 5) is 11.8. The van der Waals surface area contributed by atoms with Gasteiger partial charge in [-0.3, -0.25) is 9.13 Å². The van der Waals surface area contributed by atoms with Crippen LogP contribution in [-0.4, -0.2) is 22.2 Å². The van der Waals surface area contributed by atoms with Crippen LogP contribution in [0.5, 0.6) is 0 Å². The van der Waals surface area contributed by atoms with Gasteiger partial charge in [-0.15, -0.1) is 0 Å². The summed E-state index contributed by atoms with van der Waals surface area (Å²) in [6.07, 6.45) is 2.17. The molecular formula is C14H21N3O. The topological polar surface area (TPSA) is 39.0 Å². The Morgan fingerprint density at radius 2 is 1.89 bits per heavy atom. The van der Waals surface area contributed by atoms with Crippen molar-refractivity contribution in [3.63, 3.8) is 0 Å². The molecule has 1 aromatic heterocycles. The van der Waals surface area contributed by atoms with Crippen LogP contribution >= 0.6 is 0 Å². The SMILES string of the molecule is CCNCCCc1ccc2c(c1)n(C)c(=O)n2C. The first kappa shape index (κ1) is 12.9. The number of fused-ring (bicyclic) bond motifs is 1. The van der Waals surface area contributed by atoms with Crippen molar-refractivity contribution in [1.29, 1.82) is 0 Å². The fourth-order valence-corrected chi connectivity index (χ4v) is 2.30. The van der Waals surface area contributed by atoms with Crippen molar-refractivity contribution >= 4 is 11.0 Å². The zero-order valence-corrected chi connectivity index (χ0v) is 11.4. The van der Waals surface area contributed by atoms with Crippen molar-refractivity contribution in [1.82, 2.24) is 14.5 Å². The Morgan fingerprint density at radius 3 is 2.61 bits per heavy atom. The van der Waals surface area contributed by atoms with Crippen molar-refractivity contribution in [2.75, 3.05) is 13.1 Å². The number of imidazole rings is 1. The first-order valence-corrected chi connectivity index (χ1v) is 6.50. The molecule has 1 N–H and O–H groups in total. The second kappa shape index (κ2) is 5.40. The van der Waals surface area contributed by atoms with Gasteiger partial charge in [0.1, 0.15) is 0 Å². The van der Waals surface area contributed by atoms with Crippen molar-refractivity contribution < 1.29 is 0 Å². The fourth-order valence-electron chi connectivity index (χ4n) is 2.30. The summed E-state index contributed by atoms with van der Waals surface area (Å²) in [6.45, 7) is 4.18. The second-order valence-corrected chi connectivity index (χ2v) is 4.68. The standard InChI is InChI=1S/C14H21N3O/c1-4-15-9-5-6-11-7-8-12-13(10-11)17(3)14(18)16(12)2/h7-8,10,15H,4-6,9H2,1-3H3. The van der Waals surface area contributed by atoms with Crippen LogP contribution in [0.15, 0.2) is 23.0 Å². The van der Waals surface area contributed by atoms with Gasteiger partial charge in [-0.1, -0.05) is 13.0 Å². The van der Waals surface area contributed by atoms with E-state index in [1.54, 1.807) is 9.13 Å². The molecule has 18 heavy (non-hydrogen) atoms. The van der Waals surface area contributed by atoms with E-state index in [-0.39, 0.29) is 5.69 Å².